The van der Waals surface area contributed by atoms with Crippen molar-refractivity contribution in [1.29, 1.82) is 0 Å². The minimum atomic E-state index is -1.14. The normalized spacial score (nSPS) is 22.6. The number of oxime groups is 1. The molecule has 14 nitrogen and oxygen atoms in total. The minimum Gasteiger partial charge on any atom is -0.496 e. The number of benzene rings is 1. The van der Waals surface area contributed by atoms with Crippen molar-refractivity contribution < 1.29 is 43.0 Å². The molecular weight excluding hydrogens is 694 g/mol. The van der Waals surface area contributed by atoms with Gasteiger partial charge in [-0.05, 0) is 63.4 Å². The topological polar surface area (TPSA) is 174 Å². The maximum absolute atomic E-state index is 14.6. The van der Waals surface area contributed by atoms with Gasteiger partial charge in [-0.1, -0.05) is 50.9 Å². The molecule has 286 valence electrons. The summed E-state index contributed by atoms with van der Waals surface area (Å²) in [6.07, 6.45) is 5.13. The fourth-order valence-corrected chi connectivity index (χ4v) is 7.28. The first-order valence-corrected chi connectivity index (χ1v) is 18.7. The third kappa shape index (κ3) is 9.10. The number of likely N-dealkylation sites (tertiary alicyclic amines) is 1. The van der Waals surface area contributed by atoms with Crippen molar-refractivity contribution in [3.05, 3.63) is 22.7 Å². The van der Waals surface area contributed by atoms with Crippen LogP contribution >= 0.6 is 11.6 Å². The van der Waals surface area contributed by atoms with Crippen LogP contribution in [0.1, 0.15) is 104 Å². The van der Waals surface area contributed by atoms with Crippen LogP contribution in [0.5, 0.6) is 11.5 Å². The van der Waals surface area contributed by atoms with Gasteiger partial charge in [-0.3, -0.25) is 19.2 Å². The number of methoxy groups -OCH3 is 1. The van der Waals surface area contributed by atoms with Gasteiger partial charge in [0.05, 0.1) is 37.0 Å². The average Bonchev–Trinajstić information content (AvgIpc) is 3.43. The van der Waals surface area contributed by atoms with E-state index in [1.165, 1.54) is 12.0 Å². The van der Waals surface area contributed by atoms with Gasteiger partial charge in [0.25, 0.3) is 5.91 Å². The highest BCUT2D eigenvalue weighted by Crippen LogP contribution is 2.42. The van der Waals surface area contributed by atoms with E-state index in [-0.39, 0.29) is 38.0 Å². The zero-order valence-corrected chi connectivity index (χ0v) is 31.7. The number of carbonyl (C=O) groups is 5. The average molecular weight is 746 g/mol. The Morgan fingerprint density at radius 2 is 1.77 bits per heavy atom. The number of carbonyl (C=O) groups excluding carboxylic acids is 5. The van der Waals surface area contributed by atoms with Crippen LogP contribution in [0.3, 0.4) is 0 Å². The number of halogens is 1. The Balaban J connectivity index is 1.42. The van der Waals surface area contributed by atoms with Crippen molar-refractivity contribution in [3.63, 3.8) is 0 Å². The van der Waals surface area contributed by atoms with Gasteiger partial charge in [-0.25, -0.2) is 4.79 Å². The molecule has 0 aromatic heterocycles. The molecule has 4 atom stereocenters. The third-order valence-corrected chi connectivity index (χ3v) is 10.3. The molecule has 0 bridgehead atoms. The summed E-state index contributed by atoms with van der Waals surface area (Å²) in [5.74, 6) is -1.71. The number of nitrogens with zero attached hydrogens (tertiary/aromatic N) is 2. The van der Waals surface area contributed by atoms with E-state index >= 15 is 0 Å². The molecule has 4 aliphatic rings. The van der Waals surface area contributed by atoms with Gasteiger partial charge in [-0.15, -0.1) is 0 Å². The molecule has 0 radical (unpaired) electrons. The number of Topliss-reactive ketones (excluding diaryl/α,β-unsaturated/α-hetero) is 1. The zero-order chi connectivity index (χ0) is 37.8. The first kappa shape index (κ1) is 39.1. The van der Waals surface area contributed by atoms with Crippen LogP contribution in [0.4, 0.5) is 4.79 Å². The van der Waals surface area contributed by atoms with Gasteiger partial charge in [0, 0.05) is 30.5 Å². The first-order valence-electron chi connectivity index (χ1n) is 18.4. The summed E-state index contributed by atoms with van der Waals surface area (Å²) in [7, 11) is 1.52. The first-order chi connectivity index (χ1) is 24.7. The van der Waals surface area contributed by atoms with Crippen LogP contribution in [0.2, 0.25) is 5.02 Å². The van der Waals surface area contributed by atoms with E-state index in [4.69, 9.17) is 30.6 Å². The molecule has 1 saturated heterocycles. The number of alkyl carbamates (subject to hydrolysis) is 1. The Labute approximate surface area is 310 Å². The van der Waals surface area contributed by atoms with E-state index in [2.05, 4.69) is 21.1 Å². The SMILES string of the molecule is CCC[C@H](NC(=O)[C@@H]1C[C@]2(CC(c3cc(Cl)c(OCC)cc3OC)=NO2)CN1C(=O)[C@@H](NC(=O)OC1CCCC1)C(C)(C)C)C(=O)C(=O)NC1CC1. The Hall–Kier alpha value is -4.07. The standard InChI is InChI=1S/C37H52ClN5O9/c1-7-11-25(30(44)33(46)39-21-14-15-21)40-32(45)27-19-37(18-26(42-52-37)23-16-24(38)29(50-8-2)17-28(23)49-6)20-43(27)34(47)31(36(3,4)5)41-35(48)51-22-12-9-10-13-22/h16-17,21-22,25,27,31H,7-15,18-20H2,1-6H3,(H,39,46)(H,40,45)(H,41,48)/t25-,27-,31+,37+/m0/s1. The van der Waals surface area contributed by atoms with Gasteiger partial charge in [0.15, 0.2) is 5.60 Å². The van der Waals surface area contributed by atoms with E-state index < -0.39 is 58.7 Å². The third-order valence-electron chi connectivity index (χ3n) is 9.99. The second kappa shape index (κ2) is 16.3. The van der Waals surface area contributed by atoms with Crippen molar-refractivity contribution in [2.75, 3.05) is 20.3 Å². The number of ether oxygens (including phenoxy) is 3. The maximum atomic E-state index is 14.6. The highest BCUT2D eigenvalue weighted by molar-refractivity contribution is 6.38. The lowest BCUT2D eigenvalue weighted by Crippen LogP contribution is -2.59. The van der Waals surface area contributed by atoms with Crippen molar-refractivity contribution in [1.82, 2.24) is 20.9 Å². The van der Waals surface area contributed by atoms with Crippen molar-refractivity contribution in [3.8, 4) is 11.5 Å². The van der Waals surface area contributed by atoms with Crippen LogP contribution in [0.25, 0.3) is 0 Å². The molecule has 2 aliphatic carbocycles. The Bertz CT molecular complexity index is 1570. The fourth-order valence-electron chi connectivity index (χ4n) is 7.06. The Morgan fingerprint density at radius 1 is 1.06 bits per heavy atom. The van der Waals surface area contributed by atoms with E-state index in [0.717, 1.165) is 38.5 Å². The second-order valence-electron chi connectivity index (χ2n) is 15.3. The van der Waals surface area contributed by atoms with Gasteiger partial charge in [0.2, 0.25) is 17.6 Å². The summed E-state index contributed by atoms with van der Waals surface area (Å²) >= 11 is 6.54. The summed E-state index contributed by atoms with van der Waals surface area (Å²) in [4.78, 5) is 75.4. The minimum absolute atomic E-state index is 0.0232. The van der Waals surface area contributed by atoms with E-state index in [1.54, 1.807) is 12.1 Å². The maximum Gasteiger partial charge on any atom is 0.408 e. The highest BCUT2D eigenvalue weighted by atomic mass is 35.5. The summed E-state index contributed by atoms with van der Waals surface area (Å²) in [5.41, 5.74) is -0.854. The summed E-state index contributed by atoms with van der Waals surface area (Å²) in [6.45, 7) is 9.49. The number of rotatable bonds is 14. The van der Waals surface area contributed by atoms with Crippen LogP contribution in [0, 0.1) is 5.41 Å². The second-order valence-corrected chi connectivity index (χ2v) is 15.7. The lowest BCUT2D eigenvalue weighted by molar-refractivity contribution is -0.144. The van der Waals surface area contributed by atoms with Gasteiger partial charge in [-0.2, -0.15) is 0 Å². The van der Waals surface area contributed by atoms with Crippen molar-refractivity contribution >= 4 is 46.9 Å². The lowest BCUT2D eigenvalue weighted by Gasteiger charge is -2.35. The molecule has 0 unspecified atom stereocenters. The largest absolute Gasteiger partial charge is 0.496 e. The molecule has 2 aliphatic heterocycles. The van der Waals surface area contributed by atoms with E-state index in [9.17, 15) is 24.0 Å². The summed E-state index contributed by atoms with van der Waals surface area (Å²) < 4.78 is 16.9. The number of ketones is 1. The number of nitrogens with one attached hydrogen (secondary N) is 3. The highest BCUT2D eigenvalue weighted by Gasteiger charge is 2.56. The molecule has 2 heterocycles. The molecule has 1 aromatic rings. The molecule has 2 saturated carbocycles. The summed E-state index contributed by atoms with van der Waals surface area (Å²) in [5, 5.41) is 13.0. The smallest absolute Gasteiger partial charge is 0.408 e. The summed E-state index contributed by atoms with van der Waals surface area (Å²) in [6, 6.07) is 0.0353. The molecule has 15 heteroatoms. The Kier molecular flexibility index (Phi) is 12.3. The Morgan fingerprint density at radius 3 is 2.38 bits per heavy atom. The molecule has 5 rings (SSSR count). The van der Waals surface area contributed by atoms with Crippen molar-refractivity contribution in [2.45, 2.75) is 135 Å². The molecule has 52 heavy (non-hydrogen) atoms. The number of hydrogen-bond donors (Lipinski definition) is 3. The van der Waals surface area contributed by atoms with Gasteiger partial charge >= 0.3 is 6.09 Å². The van der Waals surface area contributed by atoms with Crippen LogP contribution < -0.4 is 25.4 Å². The zero-order valence-electron chi connectivity index (χ0n) is 31.0. The monoisotopic (exact) mass is 745 g/mol. The lowest BCUT2D eigenvalue weighted by atomic mass is 9.85. The van der Waals surface area contributed by atoms with Crippen molar-refractivity contribution in [2.24, 2.45) is 10.6 Å². The molecule has 3 N–H and O–H groups in total. The van der Waals surface area contributed by atoms with Crippen LogP contribution in [-0.2, 0) is 28.8 Å². The fraction of sp³-hybridized carbons (Fsp3) is 0.676. The van der Waals surface area contributed by atoms with Crippen LogP contribution in [-0.4, -0.2) is 96.3 Å². The quantitative estimate of drug-likeness (QED) is 0.233. The molecule has 1 aromatic carbocycles. The molecular formula is C37H52ClN5O9. The van der Waals surface area contributed by atoms with E-state index in [1.807, 2.05) is 34.6 Å². The van der Waals surface area contributed by atoms with Crippen LogP contribution in [0.15, 0.2) is 17.3 Å². The van der Waals surface area contributed by atoms with Gasteiger partial charge in [0.1, 0.15) is 29.7 Å². The molecule has 3 fully saturated rings. The molecule has 4 amide bonds. The predicted molar refractivity (Wildman–Crippen MR) is 192 cm³/mol. The van der Waals surface area contributed by atoms with E-state index in [0.29, 0.717) is 40.8 Å². The molecule has 1 spiro atoms. The predicted octanol–water partition coefficient (Wildman–Crippen LogP) is 4.43. The number of hydrogen-bond acceptors (Lipinski definition) is 10. The number of amides is 4. The van der Waals surface area contributed by atoms with Gasteiger partial charge < -0.3 is 39.9 Å².